The van der Waals surface area contributed by atoms with E-state index < -0.39 is 34.1 Å². The van der Waals surface area contributed by atoms with Crippen molar-refractivity contribution in [3.63, 3.8) is 0 Å². The molecule has 3 aromatic carbocycles. The molecule has 7 nitrogen and oxygen atoms in total. The Balaban J connectivity index is 1.75. The van der Waals surface area contributed by atoms with E-state index in [9.17, 15) is 26.4 Å². The Morgan fingerprint density at radius 2 is 1.67 bits per heavy atom. The van der Waals surface area contributed by atoms with E-state index in [2.05, 4.69) is 14.8 Å². The molecule has 4 N–H and O–H groups in total. The zero-order chi connectivity index (χ0) is 24.2. The second-order valence-electron chi connectivity index (χ2n) is 7.04. The van der Waals surface area contributed by atoms with Crippen LogP contribution in [0, 0.1) is 6.92 Å². The van der Waals surface area contributed by atoms with Crippen molar-refractivity contribution in [1.82, 2.24) is 0 Å². The molecule has 0 fully saturated rings. The van der Waals surface area contributed by atoms with Gasteiger partial charge in [-0.3, -0.25) is 9.52 Å². The van der Waals surface area contributed by atoms with Gasteiger partial charge in [0.1, 0.15) is 11.8 Å². The third-order valence-corrected chi connectivity index (χ3v) is 6.03. The number of nitrogens with one attached hydrogen (secondary N) is 2. The van der Waals surface area contributed by atoms with Crippen molar-refractivity contribution in [2.45, 2.75) is 24.2 Å². The van der Waals surface area contributed by atoms with Gasteiger partial charge in [-0.25, -0.2) is 8.42 Å². The number of hydrogen-bond acceptors (Lipinski definition) is 5. The van der Waals surface area contributed by atoms with Crippen LogP contribution in [0.2, 0.25) is 0 Å². The van der Waals surface area contributed by atoms with Crippen molar-refractivity contribution in [2.24, 2.45) is 5.73 Å². The molecule has 174 valence electrons. The fourth-order valence-corrected chi connectivity index (χ4v) is 4.30. The molecule has 0 aliphatic heterocycles. The van der Waals surface area contributed by atoms with Crippen LogP contribution in [0.3, 0.4) is 0 Å². The number of ether oxygens (including phenoxy) is 1. The maximum Gasteiger partial charge on any atom is 0.573 e. The maximum atomic E-state index is 12.8. The van der Waals surface area contributed by atoms with Gasteiger partial charge in [-0.2, -0.15) is 0 Å². The van der Waals surface area contributed by atoms with E-state index >= 15 is 0 Å². The van der Waals surface area contributed by atoms with Crippen molar-refractivity contribution in [3.8, 4) is 5.75 Å². The van der Waals surface area contributed by atoms with Crippen molar-refractivity contribution >= 4 is 27.3 Å². The topological polar surface area (TPSA) is 111 Å². The molecule has 3 rings (SSSR count). The summed E-state index contributed by atoms with van der Waals surface area (Å²) in [5.74, 6) is -1.04. The van der Waals surface area contributed by atoms with Gasteiger partial charge in [0, 0.05) is 11.8 Å². The first kappa shape index (κ1) is 24.1. The second kappa shape index (κ2) is 9.51. The molecule has 0 aromatic heterocycles. The molecule has 0 radical (unpaired) electrons. The Morgan fingerprint density at radius 3 is 2.30 bits per heavy atom. The summed E-state index contributed by atoms with van der Waals surface area (Å²) in [6.07, 6.45) is -4.91. The van der Waals surface area contributed by atoms with Crippen molar-refractivity contribution in [3.05, 3.63) is 83.9 Å². The van der Waals surface area contributed by atoms with Crippen molar-refractivity contribution in [2.75, 3.05) is 10.0 Å². The highest BCUT2D eigenvalue weighted by atomic mass is 32.2. The van der Waals surface area contributed by atoms with Crippen LogP contribution >= 0.6 is 0 Å². The van der Waals surface area contributed by atoms with Crippen LogP contribution in [0.25, 0.3) is 0 Å². The molecule has 3 aromatic rings. The molecule has 0 heterocycles. The van der Waals surface area contributed by atoms with Gasteiger partial charge < -0.3 is 15.8 Å². The Kier molecular flexibility index (Phi) is 6.94. The summed E-state index contributed by atoms with van der Waals surface area (Å²) in [6.45, 7) is 1.52. The molecule has 0 unspecified atom stereocenters. The number of carbonyl (C=O) groups is 1. The Morgan fingerprint density at radius 1 is 0.970 bits per heavy atom. The summed E-state index contributed by atoms with van der Waals surface area (Å²) in [5.41, 5.74) is 7.11. The molecule has 1 atom stereocenters. The molecule has 11 heteroatoms. The minimum atomic E-state index is -4.91. The summed E-state index contributed by atoms with van der Waals surface area (Å²) in [7, 11) is -4.13. The summed E-state index contributed by atoms with van der Waals surface area (Å²) >= 11 is 0. The first-order valence-electron chi connectivity index (χ1n) is 9.55. The standard InChI is InChI=1S/C22H20F3N3O4S/c1-14-12-16(27-21(29)20(26)15-6-3-2-4-7-15)10-11-19(14)33(30,31)28-17-8-5-9-18(13-17)32-22(23,24)25/h2-13,20,28H,26H2,1H3,(H,27,29)/t20-/m0/s1. The third kappa shape index (κ3) is 6.46. The van der Waals surface area contributed by atoms with Crippen LogP contribution in [-0.4, -0.2) is 20.7 Å². The van der Waals surface area contributed by atoms with Gasteiger partial charge in [0.05, 0.1) is 10.6 Å². The lowest BCUT2D eigenvalue weighted by Crippen LogP contribution is -2.27. The molecule has 0 spiro atoms. The largest absolute Gasteiger partial charge is 0.573 e. The summed E-state index contributed by atoms with van der Waals surface area (Å²) in [4.78, 5) is 12.3. The minimum Gasteiger partial charge on any atom is -0.406 e. The predicted molar refractivity (Wildman–Crippen MR) is 117 cm³/mol. The molecular formula is C22H20F3N3O4S. The zero-order valence-corrected chi connectivity index (χ0v) is 18.1. The molecule has 1 amide bonds. The average Bonchev–Trinajstić information content (AvgIpc) is 2.72. The predicted octanol–water partition coefficient (Wildman–Crippen LogP) is 4.33. The van der Waals surface area contributed by atoms with E-state index in [0.29, 0.717) is 16.8 Å². The van der Waals surface area contributed by atoms with Crippen LogP contribution in [0.15, 0.2) is 77.7 Å². The zero-order valence-electron chi connectivity index (χ0n) is 17.3. The van der Waals surface area contributed by atoms with Crippen molar-refractivity contribution < 1.29 is 31.1 Å². The van der Waals surface area contributed by atoms with Gasteiger partial charge in [-0.1, -0.05) is 36.4 Å². The number of sulfonamides is 1. The second-order valence-corrected chi connectivity index (χ2v) is 8.69. The highest BCUT2D eigenvalue weighted by Crippen LogP contribution is 2.27. The van der Waals surface area contributed by atoms with Gasteiger partial charge in [0.15, 0.2) is 0 Å². The first-order chi connectivity index (χ1) is 15.4. The van der Waals surface area contributed by atoms with Crippen molar-refractivity contribution in [1.29, 1.82) is 0 Å². The highest BCUT2D eigenvalue weighted by molar-refractivity contribution is 7.92. The maximum absolute atomic E-state index is 12.8. The van der Waals surface area contributed by atoms with Crippen LogP contribution < -0.4 is 20.5 Å². The number of nitrogens with two attached hydrogens (primary N) is 1. The van der Waals surface area contributed by atoms with Gasteiger partial charge in [0.25, 0.3) is 10.0 Å². The lowest BCUT2D eigenvalue weighted by Gasteiger charge is -2.15. The van der Waals surface area contributed by atoms with Crippen LogP contribution in [0.5, 0.6) is 5.75 Å². The number of hydrogen-bond donors (Lipinski definition) is 3. The van der Waals surface area contributed by atoms with Gasteiger partial charge >= 0.3 is 6.36 Å². The molecule has 0 saturated carbocycles. The normalized spacial score (nSPS) is 12.6. The number of benzene rings is 3. The lowest BCUT2D eigenvalue weighted by molar-refractivity contribution is -0.274. The van der Waals surface area contributed by atoms with Gasteiger partial charge in [-0.15, -0.1) is 13.2 Å². The first-order valence-corrected chi connectivity index (χ1v) is 11.0. The molecular weight excluding hydrogens is 459 g/mol. The number of rotatable bonds is 7. The minimum absolute atomic E-state index is 0.109. The Hall–Kier alpha value is -3.57. The summed E-state index contributed by atoms with van der Waals surface area (Å²) in [6, 6.07) is 16.4. The van der Waals surface area contributed by atoms with E-state index in [1.807, 2.05) is 0 Å². The third-order valence-electron chi connectivity index (χ3n) is 4.49. The van der Waals surface area contributed by atoms with E-state index in [0.717, 1.165) is 12.1 Å². The molecule has 0 saturated heterocycles. The fourth-order valence-electron chi connectivity index (χ4n) is 3.03. The molecule has 0 bridgehead atoms. The Bertz CT molecular complexity index is 1250. The Labute approximate surface area is 188 Å². The smallest absolute Gasteiger partial charge is 0.406 e. The highest BCUT2D eigenvalue weighted by Gasteiger charge is 2.31. The number of carbonyl (C=O) groups excluding carboxylic acids is 1. The number of alkyl halides is 3. The van der Waals surface area contributed by atoms with Gasteiger partial charge in [-0.05, 0) is 48.4 Å². The molecule has 0 aliphatic carbocycles. The summed E-state index contributed by atoms with van der Waals surface area (Å²) in [5, 5.41) is 2.64. The number of halogens is 3. The van der Waals surface area contributed by atoms with Crippen LogP contribution in [0.4, 0.5) is 24.5 Å². The monoisotopic (exact) mass is 479 g/mol. The quantitative estimate of drug-likeness (QED) is 0.467. The molecule has 0 aliphatic rings. The van der Waals surface area contributed by atoms with E-state index in [-0.39, 0.29) is 10.6 Å². The molecule has 33 heavy (non-hydrogen) atoms. The number of aryl methyl sites for hydroxylation is 1. The van der Waals surface area contributed by atoms with Crippen LogP contribution in [-0.2, 0) is 14.8 Å². The van der Waals surface area contributed by atoms with E-state index in [4.69, 9.17) is 5.73 Å². The SMILES string of the molecule is Cc1cc(NC(=O)[C@@H](N)c2ccccc2)ccc1S(=O)(=O)Nc1cccc(OC(F)(F)F)c1. The lowest BCUT2D eigenvalue weighted by atomic mass is 10.1. The van der Waals surface area contributed by atoms with E-state index in [1.54, 1.807) is 30.3 Å². The number of amides is 1. The van der Waals surface area contributed by atoms with E-state index in [1.165, 1.54) is 37.3 Å². The average molecular weight is 479 g/mol. The summed E-state index contributed by atoms with van der Waals surface area (Å²) < 4.78 is 68.8. The van der Waals surface area contributed by atoms with Crippen LogP contribution in [0.1, 0.15) is 17.2 Å². The fraction of sp³-hybridized carbons (Fsp3) is 0.136. The number of anilines is 2. The van der Waals surface area contributed by atoms with Gasteiger partial charge in [0.2, 0.25) is 5.91 Å².